The molecule has 0 radical (unpaired) electrons. The molecule has 0 aromatic heterocycles. The fourth-order valence-electron chi connectivity index (χ4n) is 3.31. The summed E-state index contributed by atoms with van der Waals surface area (Å²) in [5, 5.41) is 9.07. The van der Waals surface area contributed by atoms with Crippen molar-refractivity contribution in [3.8, 4) is 28.3 Å². The number of hydrogen-bond donors (Lipinski definition) is 0. The van der Waals surface area contributed by atoms with Crippen LogP contribution in [0.4, 0.5) is 8.78 Å². The summed E-state index contributed by atoms with van der Waals surface area (Å²) in [6.45, 7) is 2.18. The second-order valence-corrected chi connectivity index (χ2v) is 6.60. The van der Waals surface area contributed by atoms with Crippen molar-refractivity contribution in [2.75, 3.05) is 0 Å². The van der Waals surface area contributed by atoms with E-state index in [0.717, 1.165) is 30.0 Å². The van der Waals surface area contributed by atoms with Gasteiger partial charge in [-0.15, -0.1) is 0 Å². The number of hydrogen-bond acceptors (Lipinski definition) is 1. The molecular formula is C24H21F2N. The molecule has 0 atom stereocenters. The van der Waals surface area contributed by atoms with Crippen molar-refractivity contribution < 1.29 is 8.78 Å². The van der Waals surface area contributed by atoms with Crippen LogP contribution in [-0.4, -0.2) is 0 Å². The Morgan fingerprint density at radius 3 is 2.37 bits per heavy atom. The number of nitriles is 1. The average molecular weight is 361 g/mol. The SMILES string of the molecule is CCCCCc1cccc(-c2ccccc2-c2ccc(F)c(C#N)c2F)c1. The van der Waals surface area contributed by atoms with Gasteiger partial charge in [0.2, 0.25) is 0 Å². The zero-order valence-corrected chi connectivity index (χ0v) is 15.3. The van der Waals surface area contributed by atoms with Gasteiger partial charge in [-0.25, -0.2) is 8.78 Å². The van der Waals surface area contributed by atoms with Gasteiger partial charge in [-0.1, -0.05) is 68.3 Å². The van der Waals surface area contributed by atoms with Crippen LogP contribution in [0.5, 0.6) is 0 Å². The van der Waals surface area contributed by atoms with Crippen LogP contribution in [0.3, 0.4) is 0 Å². The molecule has 0 saturated heterocycles. The lowest BCUT2D eigenvalue weighted by molar-refractivity contribution is 0.579. The average Bonchev–Trinajstić information content (AvgIpc) is 2.69. The summed E-state index contributed by atoms with van der Waals surface area (Å²) < 4.78 is 28.4. The largest absolute Gasteiger partial charge is 0.205 e. The topological polar surface area (TPSA) is 23.8 Å². The molecule has 3 heteroatoms. The third kappa shape index (κ3) is 4.06. The van der Waals surface area contributed by atoms with Gasteiger partial charge in [-0.2, -0.15) is 5.26 Å². The maximum absolute atomic E-state index is 14.7. The number of benzene rings is 3. The first kappa shape index (κ1) is 18.8. The number of unbranched alkanes of at least 4 members (excludes halogenated alkanes) is 2. The minimum atomic E-state index is -0.839. The second-order valence-electron chi connectivity index (χ2n) is 6.60. The van der Waals surface area contributed by atoms with Crippen LogP contribution in [0.1, 0.15) is 37.3 Å². The van der Waals surface area contributed by atoms with E-state index in [2.05, 4.69) is 19.1 Å². The summed E-state index contributed by atoms with van der Waals surface area (Å²) in [5.41, 5.74) is 3.44. The highest BCUT2D eigenvalue weighted by molar-refractivity contribution is 5.84. The van der Waals surface area contributed by atoms with Crippen LogP contribution in [-0.2, 0) is 6.42 Å². The van der Waals surface area contributed by atoms with Gasteiger partial charge in [-0.3, -0.25) is 0 Å². The van der Waals surface area contributed by atoms with Gasteiger partial charge in [0.25, 0.3) is 0 Å². The van der Waals surface area contributed by atoms with Crippen LogP contribution < -0.4 is 0 Å². The number of halogens is 2. The smallest absolute Gasteiger partial charge is 0.151 e. The van der Waals surface area contributed by atoms with Crippen LogP contribution in [0.25, 0.3) is 22.3 Å². The lowest BCUT2D eigenvalue weighted by Gasteiger charge is -2.13. The van der Waals surface area contributed by atoms with Crippen LogP contribution in [0.15, 0.2) is 60.7 Å². The van der Waals surface area contributed by atoms with Gasteiger partial charge in [0.1, 0.15) is 17.4 Å². The van der Waals surface area contributed by atoms with E-state index in [4.69, 9.17) is 5.26 Å². The van der Waals surface area contributed by atoms with Crippen molar-refractivity contribution in [2.24, 2.45) is 0 Å². The number of aryl methyl sites for hydroxylation is 1. The number of nitrogens with zero attached hydrogens (tertiary/aromatic N) is 1. The van der Waals surface area contributed by atoms with Crippen molar-refractivity contribution in [1.82, 2.24) is 0 Å². The summed E-state index contributed by atoms with van der Waals surface area (Å²) in [7, 11) is 0. The van der Waals surface area contributed by atoms with E-state index in [1.54, 1.807) is 12.1 Å². The quantitative estimate of drug-likeness (QED) is 0.438. The minimum absolute atomic E-state index is 0.236. The Hall–Kier alpha value is -2.99. The Labute approximate surface area is 158 Å². The Bertz CT molecular complexity index is 986. The first-order valence-electron chi connectivity index (χ1n) is 9.22. The third-order valence-corrected chi connectivity index (χ3v) is 4.73. The molecular weight excluding hydrogens is 340 g/mol. The molecule has 0 unspecified atom stereocenters. The fraction of sp³-hybridized carbons (Fsp3) is 0.208. The van der Waals surface area contributed by atoms with E-state index < -0.39 is 17.2 Å². The Balaban J connectivity index is 2.06. The van der Waals surface area contributed by atoms with E-state index in [1.165, 1.54) is 24.5 Å². The summed E-state index contributed by atoms with van der Waals surface area (Å²) in [6.07, 6.45) is 4.51. The lowest BCUT2D eigenvalue weighted by atomic mass is 9.92. The molecule has 0 aliphatic heterocycles. The summed E-state index contributed by atoms with van der Waals surface area (Å²) in [6, 6.07) is 19.8. The van der Waals surface area contributed by atoms with Gasteiger partial charge in [0.15, 0.2) is 5.82 Å². The van der Waals surface area contributed by atoms with Gasteiger partial charge in [0.05, 0.1) is 0 Å². The van der Waals surface area contributed by atoms with E-state index in [9.17, 15) is 8.78 Å². The molecule has 0 heterocycles. The molecule has 3 rings (SSSR count). The van der Waals surface area contributed by atoms with Crippen molar-refractivity contribution in [2.45, 2.75) is 32.6 Å². The van der Waals surface area contributed by atoms with Crippen LogP contribution in [0, 0.1) is 23.0 Å². The number of rotatable bonds is 6. The van der Waals surface area contributed by atoms with Gasteiger partial charge < -0.3 is 0 Å². The van der Waals surface area contributed by atoms with Crippen molar-refractivity contribution in [3.05, 3.63) is 83.4 Å². The highest BCUT2D eigenvalue weighted by atomic mass is 19.1. The highest BCUT2D eigenvalue weighted by Gasteiger charge is 2.17. The predicted octanol–water partition coefficient (Wildman–Crippen LogP) is 6.90. The fourth-order valence-corrected chi connectivity index (χ4v) is 3.31. The summed E-state index contributed by atoms with van der Waals surface area (Å²) >= 11 is 0. The minimum Gasteiger partial charge on any atom is -0.205 e. The highest BCUT2D eigenvalue weighted by Crippen LogP contribution is 2.35. The molecule has 3 aromatic rings. The molecule has 0 aliphatic carbocycles. The normalized spacial score (nSPS) is 10.6. The molecule has 0 bridgehead atoms. The second kappa shape index (κ2) is 8.60. The molecule has 3 aromatic carbocycles. The van der Waals surface area contributed by atoms with Crippen LogP contribution >= 0.6 is 0 Å². The first-order chi connectivity index (χ1) is 13.2. The molecule has 0 fully saturated rings. The van der Waals surface area contributed by atoms with E-state index in [1.807, 2.05) is 30.3 Å². The predicted molar refractivity (Wildman–Crippen MR) is 105 cm³/mol. The third-order valence-electron chi connectivity index (χ3n) is 4.73. The van der Waals surface area contributed by atoms with Crippen LogP contribution in [0.2, 0.25) is 0 Å². The van der Waals surface area contributed by atoms with Gasteiger partial charge >= 0.3 is 0 Å². The molecule has 0 spiro atoms. The summed E-state index contributed by atoms with van der Waals surface area (Å²) in [5.74, 6) is -1.65. The van der Waals surface area contributed by atoms with E-state index >= 15 is 0 Å². The standard InChI is InChI=1S/C24H21F2N/c1-2-3-4-8-17-9-7-10-18(15-17)19-11-5-6-12-20(19)21-13-14-23(25)22(16-27)24(21)26/h5-7,9-15H,2-4,8H2,1H3. The van der Waals surface area contributed by atoms with E-state index in [-0.39, 0.29) is 5.56 Å². The van der Waals surface area contributed by atoms with E-state index in [0.29, 0.717) is 5.56 Å². The summed E-state index contributed by atoms with van der Waals surface area (Å²) in [4.78, 5) is 0. The first-order valence-corrected chi connectivity index (χ1v) is 9.22. The molecule has 0 saturated carbocycles. The van der Waals surface area contributed by atoms with Crippen molar-refractivity contribution >= 4 is 0 Å². The maximum atomic E-state index is 14.7. The maximum Gasteiger partial charge on any atom is 0.151 e. The van der Waals surface area contributed by atoms with Gasteiger partial charge in [0, 0.05) is 5.56 Å². The monoisotopic (exact) mass is 361 g/mol. The zero-order valence-electron chi connectivity index (χ0n) is 15.3. The molecule has 0 aliphatic rings. The Kier molecular flexibility index (Phi) is 5.98. The lowest BCUT2D eigenvalue weighted by Crippen LogP contribution is -1.95. The van der Waals surface area contributed by atoms with Crippen molar-refractivity contribution in [3.63, 3.8) is 0 Å². The molecule has 0 amide bonds. The zero-order chi connectivity index (χ0) is 19.2. The Morgan fingerprint density at radius 2 is 1.63 bits per heavy atom. The molecule has 27 heavy (non-hydrogen) atoms. The van der Waals surface area contributed by atoms with Gasteiger partial charge in [-0.05, 0) is 47.2 Å². The molecule has 1 nitrogen and oxygen atoms in total. The van der Waals surface area contributed by atoms with Crippen molar-refractivity contribution in [1.29, 1.82) is 5.26 Å². The molecule has 0 N–H and O–H groups in total. The Morgan fingerprint density at radius 1 is 0.852 bits per heavy atom. The molecule has 136 valence electrons.